The largest absolute Gasteiger partial charge is 0.478 e. The van der Waals surface area contributed by atoms with Gasteiger partial charge in [0.15, 0.2) is 0 Å². The Kier molecular flexibility index (Phi) is 2.52. The van der Waals surface area contributed by atoms with Crippen molar-refractivity contribution >= 4 is 5.97 Å². The minimum atomic E-state index is -1.07. The highest BCUT2D eigenvalue weighted by Gasteiger charge is 2.37. The van der Waals surface area contributed by atoms with Crippen molar-refractivity contribution < 1.29 is 19.4 Å². The molecule has 1 aliphatic rings. The predicted molar refractivity (Wildman–Crippen MR) is 52.6 cm³/mol. The van der Waals surface area contributed by atoms with Gasteiger partial charge < -0.3 is 14.6 Å². The van der Waals surface area contributed by atoms with E-state index in [0.29, 0.717) is 12.8 Å². The maximum absolute atomic E-state index is 10.9. The second-order valence-corrected chi connectivity index (χ2v) is 4.06. The summed E-state index contributed by atoms with van der Waals surface area (Å²) >= 11 is 0. The van der Waals surface area contributed by atoms with Crippen molar-refractivity contribution in [2.45, 2.75) is 37.7 Å². The Balaban J connectivity index is 2.34. The van der Waals surface area contributed by atoms with Crippen molar-refractivity contribution in [1.29, 1.82) is 0 Å². The molecule has 0 atom stereocenters. The van der Waals surface area contributed by atoms with Gasteiger partial charge in [-0.3, -0.25) is 0 Å². The molecule has 0 radical (unpaired) electrons. The highest BCUT2D eigenvalue weighted by molar-refractivity contribution is 5.89. The number of carboxylic acids is 1. The lowest BCUT2D eigenvalue weighted by Gasteiger charge is -2.30. The number of hydrogen-bond donors (Lipinski definition) is 2. The molecule has 0 aliphatic heterocycles. The first kappa shape index (κ1) is 10.2. The lowest BCUT2D eigenvalue weighted by Crippen LogP contribution is -2.29. The third-order valence-corrected chi connectivity index (χ3v) is 3.00. The van der Waals surface area contributed by atoms with Gasteiger partial charge in [-0.05, 0) is 18.9 Å². The van der Waals surface area contributed by atoms with E-state index in [1.165, 1.54) is 12.3 Å². The molecule has 82 valence electrons. The minimum Gasteiger partial charge on any atom is -0.478 e. The second kappa shape index (κ2) is 3.70. The van der Waals surface area contributed by atoms with Gasteiger partial charge >= 0.3 is 5.97 Å². The Morgan fingerprint density at radius 2 is 2.00 bits per heavy atom. The van der Waals surface area contributed by atoms with Crippen LogP contribution < -0.4 is 0 Å². The Hall–Kier alpha value is -1.29. The zero-order chi connectivity index (χ0) is 10.9. The molecule has 2 rings (SSSR count). The molecule has 1 aromatic rings. The highest BCUT2D eigenvalue weighted by Crippen LogP contribution is 2.38. The summed E-state index contributed by atoms with van der Waals surface area (Å²) in [5.41, 5.74) is -0.991. The van der Waals surface area contributed by atoms with Gasteiger partial charge in [-0.1, -0.05) is 19.3 Å². The Bertz CT molecular complexity index is 360. The smallest absolute Gasteiger partial charge is 0.339 e. The standard InChI is InChI=1S/C11H14O4/c12-10(13)8-4-7-15-9(8)11(14)5-2-1-3-6-11/h4,7,14H,1-3,5-6H2,(H,12,13). The van der Waals surface area contributed by atoms with Crippen molar-refractivity contribution in [3.8, 4) is 0 Å². The summed E-state index contributed by atoms with van der Waals surface area (Å²) in [5.74, 6) is -0.826. The van der Waals surface area contributed by atoms with Crippen LogP contribution in [-0.4, -0.2) is 16.2 Å². The van der Waals surface area contributed by atoms with Crippen molar-refractivity contribution in [2.24, 2.45) is 0 Å². The van der Waals surface area contributed by atoms with Gasteiger partial charge in [0, 0.05) is 0 Å². The molecule has 4 nitrogen and oxygen atoms in total. The molecular formula is C11H14O4. The number of aromatic carboxylic acids is 1. The fraction of sp³-hybridized carbons (Fsp3) is 0.545. The van der Waals surface area contributed by atoms with Crippen LogP contribution in [0.2, 0.25) is 0 Å². The summed E-state index contributed by atoms with van der Waals surface area (Å²) in [6, 6.07) is 1.39. The van der Waals surface area contributed by atoms with E-state index >= 15 is 0 Å². The number of carboxylic acid groups (broad SMARTS) is 1. The highest BCUT2D eigenvalue weighted by atomic mass is 16.4. The van der Waals surface area contributed by atoms with E-state index in [1.807, 2.05) is 0 Å². The zero-order valence-electron chi connectivity index (χ0n) is 8.40. The van der Waals surface area contributed by atoms with Gasteiger partial charge in [-0.25, -0.2) is 4.79 Å². The quantitative estimate of drug-likeness (QED) is 0.784. The molecular weight excluding hydrogens is 196 g/mol. The number of carbonyl (C=O) groups is 1. The van der Waals surface area contributed by atoms with E-state index in [0.717, 1.165) is 19.3 Å². The third kappa shape index (κ3) is 1.77. The first-order valence-electron chi connectivity index (χ1n) is 5.17. The topological polar surface area (TPSA) is 70.7 Å². The minimum absolute atomic E-state index is 0.0828. The third-order valence-electron chi connectivity index (χ3n) is 3.00. The van der Waals surface area contributed by atoms with Gasteiger partial charge in [-0.15, -0.1) is 0 Å². The van der Waals surface area contributed by atoms with Gasteiger partial charge in [0.1, 0.15) is 16.9 Å². The van der Waals surface area contributed by atoms with Gasteiger partial charge in [-0.2, -0.15) is 0 Å². The van der Waals surface area contributed by atoms with E-state index in [4.69, 9.17) is 9.52 Å². The number of aliphatic hydroxyl groups is 1. The van der Waals surface area contributed by atoms with Crippen molar-refractivity contribution in [3.05, 3.63) is 23.7 Å². The van der Waals surface area contributed by atoms with Crippen LogP contribution in [-0.2, 0) is 5.60 Å². The van der Waals surface area contributed by atoms with Crippen LogP contribution in [0.5, 0.6) is 0 Å². The first-order chi connectivity index (χ1) is 7.13. The van der Waals surface area contributed by atoms with Crippen LogP contribution >= 0.6 is 0 Å². The number of rotatable bonds is 2. The van der Waals surface area contributed by atoms with Crippen LogP contribution in [0.4, 0.5) is 0 Å². The van der Waals surface area contributed by atoms with E-state index in [9.17, 15) is 9.90 Å². The Morgan fingerprint density at radius 1 is 1.33 bits per heavy atom. The summed E-state index contributed by atoms with van der Waals surface area (Å²) in [7, 11) is 0. The molecule has 0 unspecified atom stereocenters. The summed E-state index contributed by atoms with van der Waals surface area (Å²) in [6.45, 7) is 0. The van der Waals surface area contributed by atoms with Crippen molar-refractivity contribution in [2.75, 3.05) is 0 Å². The van der Waals surface area contributed by atoms with Crippen LogP contribution in [0.1, 0.15) is 48.2 Å². The fourth-order valence-corrected chi connectivity index (χ4v) is 2.20. The summed E-state index contributed by atoms with van der Waals surface area (Å²) in [4.78, 5) is 10.9. The molecule has 0 saturated heterocycles. The summed E-state index contributed by atoms with van der Waals surface area (Å²) in [6.07, 6.45) is 5.41. The molecule has 1 heterocycles. The second-order valence-electron chi connectivity index (χ2n) is 4.06. The molecule has 0 amide bonds. The van der Waals surface area contributed by atoms with E-state index in [1.54, 1.807) is 0 Å². The molecule has 0 bridgehead atoms. The lowest BCUT2D eigenvalue weighted by atomic mass is 9.82. The van der Waals surface area contributed by atoms with E-state index < -0.39 is 11.6 Å². The number of hydrogen-bond acceptors (Lipinski definition) is 3. The Labute approximate surface area is 87.5 Å². The average molecular weight is 210 g/mol. The first-order valence-corrected chi connectivity index (χ1v) is 5.17. The molecule has 0 spiro atoms. The summed E-state index contributed by atoms with van der Waals surface area (Å²) < 4.78 is 5.14. The number of furan rings is 1. The SMILES string of the molecule is O=C(O)c1ccoc1C1(O)CCCCC1. The van der Waals surface area contributed by atoms with Gasteiger partial charge in [0.25, 0.3) is 0 Å². The van der Waals surface area contributed by atoms with E-state index in [2.05, 4.69) is 0 Å². The molecule has 1 aliphatic carbocycles. The monoisotopic (exact) mass is 210 g/mol. The average Bonchev–Trinajstić information content (AvgIpc) is 2.67. The molecule has 1 saturated carbocycles. The van der Waals surface area contributed by atoms with Crippen LogP contribution in [0.3, 0.4) is 0 Å². The van der Waals surface area contributed by atoms with Crippen molar-refractivity contribution in [1.82, 2.24) is 0 Å². The zero-order valence-corrected chi connectivity index (χ0v) is 8.40. The normalized spacial score (nSPS) is 20.1. The molecule has 1 fully saturated rings. The van der Waals surface area contributed by atoms with Crippen molar-refractivity contribution in [3.63, 3.8) is 0 Å². The van der Waals surface area contributed by atoms with E-state index in [-0.39, 0.29) is 11.3 Å². The van der Waals surface area contributed by atoms with Crippen LogP contribution in [0.25, 0.3) is 0 Å². The van der Waals surface area contributed by atoms with Gasteiger partial charge in [0.05, 0.1) is 6.26 Å². The lowest BCUT2D eigenvalue weighted by molar-refractivity contribution is -0.0211. The maximum Gasteiger partial charge on any atom is 0.339 e. The van der Waals surface area contributed by atoms with Crippen LogP contribution in [0, 0.1) is 0 Å². The molecule has 4 heteroatoms. The predicted octanol–water partition coefficient (Wildman–Crippen LogP) is 2.13. The molecule has 0 aromatic carbocycles. The fourth-order valence-electron chi connectivity index (χ4n) is 2.20. The summed E-state index contributed by atoms with van der Waals surface area (Å²) in [5, 5.41) is 19.2. The molecule has 15 heavy (non-hydrogen) atoms. The Morgan fingerprint density at radius 3 is 2.60 bits per heavy atom. The van der Waals surface area contributed by atoms with Crippen LogP contribution in [0.15, 0.2) is 16.7 Å². The molecule has 2 N–H and O–H groups in total. The van der Waals surface area contributed by atoms with Gasteiger partial charge in [0.2, 0.25) is 0 Å². The maximum atomic E-state index is 10.9. The molecule has 1 aromatic heterocycles.